The summed E-state index contributed by atoms with van der Waals surface area (Å²) >= 11 is 0. The molecule has 2 rings (SSSR count). The minimum absolute atomic E-state index is 0.114. The van der Waals surface area contributed by atoms with E-state index in [2.05, 4.69) is 15.5 Å². The number of carboxylic acid groups (broad SMARTS) is 1. The standard InChI is InChI=1S/C17H21N3O4/c1-11-18-15(24-20-11)6-4-5-14(21)19-13-9-7-12(8-10-13)17(2,3)16(22)23/h7-10H,4-6H2,1-3H3,(H,19,21)(H,22,23). The van der Waals surface area contributed by atoms with Crippen LogP contribution in [0.5, 0.6) is 0 Å². The first kappa shape index (κ1) is 17.7. The van der Waals surface area contributed by atoms with Gasteiger partial charge in [0.05, 0.1) is 5.41 Å². The van der Waals surface area contributed by atoms with Crippen LogP contribution in [0, 0.1) is 6.92 Å². The molecule has 0 aliphatic heterocycles. The van der Waals surface area contributed by atoms with Gasteiger partial charge in [0.25, 0.3) is 0 Å². The number of hydrogen-bond donors (Lipinski definition) is 2. The first-order chi connectivity index (χ1) is 11.3. The molecule has 1 aromatic heterocycles. The lowest BCUT2D eigenvalue weighted by Crippen LogP contribution is -2.28. The zero-order chi connectivity index (χ0) is 17.7. The number of rotatable bonds is 7. The molecule has 1 amide bonds. The molecule has 0 unspecified atom stereocenters. The van der Waals surface area contributed by atoms with Crippen LogP contribution in [0.2, 0.25) is 0 Å². The van der Waals surface area contributed by atoms with Gasteiger partial charge in [-0.3, -0.25) is 9.59 Å². The number of carbonyl (C=O) groups excluding carboxylic acids is 1. The van der Waals surface area contributed by atoms with Gasteiger partial charge in [-0.15, -0.1) is 0 Å². The fourth-order valence-corrected chi connectivity index (χ4v) is 2.16. The van der Waals surface area contributed by atoms with Crippen LogP contribution in [0.1, 0.15) is 44.0 Å². The number of benzene rings is 1. The molecule has 7 heteroatoms. The second-order valence-electron chi connectivity index (χ2n) is 6.14. The molecular weight excluding hydrogens is 310 g/mol. The second-order valence-corrected chi connectivity index (χ2v) is 6.14. The largest absolute Gasteiger partial charge is 0.481 e. The predicted octanol–water partition coefficient (Wildman–Crippen LogP) is 2.70. The molecule has 0 aliphatic rings. The Morgan fingerprint density at radius 1 is 1.25 bits per heavy atom. The Morgan fingerprint density at radius 3 is 2.46 bits per heavy atom. The van der Waals surface area contributed by atoms with Gasteiger partial charge >= 0.3 is 5.97 Å². The van der Waals surface area contributed by atoms with E-state index in [1.807, 2.05) is 0 Å². The number of nitrogens with zero attached hydrogens (tertiary/aromatic N) is 2. The average Bonchev–Trinajstić information content (AvgIpc) is 2.93. The molecule has 2 aromatic rings. The normalized spacial score (nSPS) is 11.3. The van der Waals surface area contributed by atoms with E-state index in [1.165, 1.54) is 0 Å². The van der Waals surface area contributed by atoms with E-state index in [4.69, 9.17) is 4.52 Å². The minimum atomic E-state index is -0.968. The first-order valence-corrected chi connectivity index (χ1v) is 7.72. The first-order valence-electron chi connectivity index (χ1n) is 7.72. The van der Waals surface area contributed by atoms with Crippen molar-refractivity contribution in [3.05, 3.63) is 41.5 Å². The topological polar surface area (TPSA) is 105 Å². The molecule has 128 valence electrons. The third-order valence-electron chi connectivity index (χ3n) is 3.79. The molecule has 2 N–H and O–H groups in total. The third kappa shape index (κ3) is 4.41. The van der Waals surface area contributed by atoms with Gasteiger partial charge in [-0.1, -0.05) is 17.3 Å². The molecule has 1 aromatic carbocycles. The van der Waals surface area contributed by atoms with Gasteiger partial charge in [0.1, 0.15) is 0 Å². The fourth-order valence-electron chi connectivity index (χ4n) is 2.16. The van der Waals surface area contributed by atoms with Gasteiger partial charge < -0.3 is 14.9 Å². The highest BCUT2D eigenvalue weighted by Gasteiger charge is 2.29. The van der Waals surface area contributed by atoms with Crippen molar-refractivity contribution < 1.29 is 19.2 Å². The van der Waals surface area contributed by atoms with Crippen LogP contribution in [0.4, 0.5) is 5.69 Å². The molecule has 1 heterocycles. The lowest BCUT2D eigenvalue weighted by atomic mass is 9.85. The number of carboxylic acids is 1. The Labute approximate surface area is 140 Å². The van der Waals surface area contributed by atoms with Crippen molar-refractivity contribution in [1.82, 2.24) is 10.1 Å². The summed E-state index contributed by atoms with van der Waals surface area (Å²) in [6.45, 7) is 5.03. The zero-order valence-corrected chi connectivity index (χ0v) is 14.0. The lowest BCUT2D eigenvalue weighted by molar-refractivity contribution is -0.142. The Bertz CT molecular complexity index is 720. The average molecular weight is 331 g/mol. The van der Waals surface area contributed by atoms with E-state index >= 15 is 0 Å². The van der Waals surface area contributed by atoms with E-state index in [1.54, 1.807) is 45.0 Å². The quantitative estimate of drug-likeness (QED) is 0.808. The van der Waals surface area contributed by atoms with Crippen LogP contribution in [0.15, 0.2) is 28.8 Å². The molecule has 0 spiro atoms. The Hall–Kier alpha value is -2.70. The summed E-state index contributed by atoms with van der Waals surface area (Å²) in [7, 11) is 0. The summed E-state index contributed by atoms with van der Waals surface area (Å²) in [6.07, 6.45) is 1.50. The van der Waals surface area contributed by atoms with Crippen LogP contribution in [-0.2, 0) is 21.4 Å². The van der Waals surface area contributed by atoms with Gasteiger partial charge in [-0.2, -0.15) is 4.98 Å². The third-order valence-corrected chi connectivity index (χ3v) is 3.79. The molecule has 24 heavy (non-hydrogen) atoms. The van der Waals surface area contributed by atoms with Gasteiger partial charge in [0.15, 0.2) is 5.82 Å². The van der Waals surface area contributed by atoms with E-state index < -0.39 is 11.4 Å². The van der Waals surface area contributed by atoms with Crippen molar-refractivity contribution >= 4 is 17.6 Å². The number of aromatic nitrogens is 2. The van der Waals surface area contributed by atoms with E-state index in [0.717, 1.165) is 0 Å². The van der Waals surface area contributed by atoms with Crippen molar-refractivity contribution in [2.75, 3.05) is 5.32 Å². The summed E-state index contributed by atoms with van der Waals surface area (Å²) in [4.78, 5) is 27.2. The van der Waals surface area contributed by atoms with E-state index in [9.17, 15) is 14.7 Å². The highest BCUT2D eigenvalue weighted by Crippen LogP contribution is 2.24. The van der Waals surface area contributed by atoms with Crippen molar-refractivity contribution in [3.8, 4) is 0 Å². The smallest absolute Gasteiger partial charge is 0.313 e. The summed E-state index contributed by atoms with van der Waals surface area (Å²) in [6, 6.07) is 6.84. The number of aryl methyl sites for hydroxylation is 2. The summed E-state index contributed by atoms with van der Waals surface area (Å²) in [5.74, 6) is 0.103. The van der Waals surface area contributed by atoms with Crippen LogP contribution >= 0.6 is 0 Å². The van der Waals surface area contributed by atoms with Crippen LogP contribution in [-0.4, -0.2) is 27.1 Å². The second kappa shape index (κ2) is 7.25. The maximum Gasteiger partial charge on any atom is 0.313 e. The van der Waals surface area contributed by atoms with Crippen LogP contribution < -0.4 is 5.32 Å². The molecule has 0 radical (unpaired) electrons. The number of amides is 1. The van der Waals surface area contributed by atoms with Crippen molar-refractivity contribution in [2.45, 2.75) is 45.4 Å². The lowest BCUT2D eigenvalue weighted by Gasteiger charge is -2.19. The highest BCUT2D eigenvalue weighted by atomic mass is 16.5. The SMILES string of the molecule is Cc1noc(CCCC(=O)Nc2ccc(C(C)(C)C(=O)O)cc2)n1. The summed E-state index contributed by atoms with van der Waals surface area (Å²) in [5, 5.41) is 15.7. The Kier molecular flexibility index (Phi) is 5.33. The maximum absolute atomic E-state index is 11.9. The number of nitrogens with one attached hydrogen (secondary N) is 1. The molecule has 0 bridgehead atoms. The van der Waals surface area contributed by atoms with Crippen LogP contribution in [0.3, 0.4) is 0 Å². The number of carbonyl (C=O) groups is 2. The predicted molar refractivity (Wildman–Crippen MR) is 87.7 cm³/mol. The van der Waals surface area contributed by atoms with Gasteiger partial charge in [0, 0.05) is 18.5 Å². The molecule has 0 saturated heterocycles. The summed E-state index contributed by atoms with van der Waals surface area (Å²) in [5.41, 5.74) is 0.350. The number of aliphatic carboxylic acids is 1. The molecular formula is C17H21N3O4. The maximum atomic E-state index is 11.9. The van der Waals surface area contributed by atoms with Crippen LogP contribution in [0.25, 0.3) is 0 Å². The van der Waals surface area contributed by atoms with E-state index in [-0.39, 0.29) is 5.91 Å². The van der Waals surface area contributed by atoms with Gasteiger partial charge in [-0.25, -0.2) is 0 Å². The van der Waals surface area contributed by atoms with Gasteiger partial charge in [-0.05, 0) is 44.9 Å². The zero-order valence-electron chi connectivity index (χ0n) is 14.0. The van der Waals surface area contributed by atoms with Gasteiger partial charge in [0.2, 0.25) is 11.8 Å². The molecule has 0 aliphatic carbocycles. The van der Waals surface area contributed by atoms with Crippen molar-refractivity contribution in [1.29, 1.82) is 0 Å². The molecule has 0 saturated carbocycles. The Balaban J connectivity index is 1.84. The monoisotopic (exact) mass is 331 g/mol. The summed E-state index contributed by atoms with van der Waals surface area (Å²) < 4.78 is 4.99. The van der Waals surface area contributed by atoms with Crippen molar-refractivity contribution in [3.63, 3.8) is 0 Å². The van der Waals surface area contributed by atoms with Crippen molar-refractivity contribution in [2.24, 2.45) is 0 Å². The molecule has 7 nitrogen and oxygen atoms in total. The molecule has 0 fully saturated rings. The molecule has 0 atom stereocenters. The van der Waals surface area contributed by atoms with E-state index in [0.29, 0.717) is 42.2 Å². The number of hydrogen-bond acceptors (Lipinski definition) is 5. The fraction of sp³-hybridized carbons (Fsp3) is 0.412. The number of anilines is 1. The Morgan fingerprint density at radius 2 is 1.92 bits per heavy atom. The minimum Gasteiger partial charge on any atom is -0.481 e. The highest BCUT2D eigenvalue weighted by molar-refractivity contribution is 5.90.